The molecule has 0 amide bonds. The first kappa shape index (κ1) is 12.7. The van der Waals surface area contributed by atoms with E-state index in [9.17, 15) is 0 Å². The van der Waals surface area contributed by atoms with E-state index >= 15 is 0 Å². The van der Waals surface area contributed by atoms with Gasteiger partial charge in [-0.05, 0) is 26.0 Å². The number of ether oxygens (including phenoxy) is 1. The fraction of sp³-hybridized carbons (Fsp3) is 0.714. The number of rotatable bonds is 5. The molecule has 0 atom stereocenters. The lowest BCUT2D eigenvalue weighted by molar-refractivity contribution is 0.0220. The Labute approximate surface area is 104 Å². The molecule has 3 nitrogen and oxygen atoms in total. The summed E-state index contributed by atoms with van der Waals surface area (Å²) in [6.07, 6.45) is 10.0. The summed E-state index contributed by atoms with van der Waals surface area (Å²) >= 11 is 0. The van der Waals surface area contributed by atoms with Crippen LogP contribution in [-0.2, 0) is 17.9 Å². The van der Waals surface area contributed by atoms with Crippen LogP contribution in [0.5, 0.6) is 0 Å². The molecule has 3 heteroatoms. The molecule has 17 heavy (non-hydrogen) atoms. The van der Waals surface area contributed by atoms with E-state index in [1.54, 1.807) is 0 Å². The molecule has 0 spiro atoms. The Morgan fingerprint density at radius 1 is 1.29 bits per heavy atom. The van der Waals surface area contributed by atoms with Crippen molar-refractivity contribution in [2.45, 2.75) is 57.8 Å². The molecule has 1 aromatic rings. The molecule has 0 bridgehead atoms. The lowest BCUT2D eigenvalue weighted by Gasteiger charge is -2.13. The van der Waals surface area contributed by atoms with Crippen LogP contribution in [0.1, 0.15) is 49.8 Å². The smallest absolute Gasteiger partial charge is 0.129 e. The van der Waals surface area contributed by atoms with Crippen molar-refractivity contribution in [3.63, 3.8) is 0 Å². The molecule has 2 rings (SSSR count). The van der Waals surface area contributed by atoms with Gasteiger partial charge in [-0.1, -0.05) is 25.7 Å². The van der Waals surface area contributed by atoms with Crippen LogP contribution >= 0.6 is 0 Å². The summed E-state index contributed by atoms with van der Waals surface area (Å²) in [6.45, 7) is 1.47. The molecular weight excluding hydrogens is 214 g/mol. The van der Waals surface area contributed by atoms with E-state index in [0.29, 0.717) is 12.7 Å². The molecule has 0 unspecified atom stereocenters. The number of hydrogen-bond donors (Lipinski definition) is 1. The van der Waals surface area contributed by atoms with E-state index < -0.39 is 0 Å². The molecule has 0 aromatic carbocycles. The Morgan fingerprint density at radius 3 is 2.76 bits per heavy atom. The van der Waals surface area contributed by atoms with Gasteiger partial charge in [0.25, 0.3) is 0 Å². The van der Waals surface area contributed by atoms with E-state index in [0.717, 1.165) is 12.3 Å². The standard InChI is InChI=1S/C14H23NO2/c1-15-9-12-8-14(16-10-12)11-17-13-6-4-2-3-5-7-13/h8,10,13,15H,2-7,9,11H2,1H3. The third kappa shape index (κ3) is 4.17. The fourth-order valence-corrected chi connectivity index (χ4v) is 2.41. The minimum atomic E-state index is 0.440. The average molecular weight is 237 g/mol. The van der Waals surface area contributed by atoms with Gasteiger partial charge in [0.1, 0.15) is 12.4 Å². The summed E-state index contributed by atoms with van der Waals surface area (Å²) in [4.78, 5) is 0. The van der Waals surface area contributed by atoms with Crippen LogP contribution in [0.25, 0.3) is 0 Å². The molecule has 1 aromatic heterocycles. The van der Waals surface area contributed by atoms with Gasteiger partial charge in [-0.15, -0.1) is 0 Å². The minimum absolute atomic E-state index is 0.440. The minimum Gasteiger partial charge on any atom is -0.467 e. The van der Waals surface area contributed by atoms with Crippen LogP contribution in [0.3, 0.4) is 0 Å². The summed E-state index contributed by atoms with van der Waals surface area (Å²) in [5.74, 6) is 0.944. The summed E-state index contributed by atoms with van der Waals surface area (Å²) in [7, 11) is 1.94. The van der Waals surface area contributed by atoms with Crippen LogP contribution in [0.2, 0.25) is 0 Å². The lowest BCUT2D eigenvalue weighted by atomic mass is 10.1. The van der Waals surface area contributed by atoms with Crippen molar-refractivity contribution in [3.8, 4) is 0 Å². The Morgan fingerprint density at radius 2 is 2.06 bits per heavy atom. The van der Waals surface area contributed by atoms with Crippen LogP contribution in [0, 0.1) is 0 Å². The highest BCUT2D eigenvalue weighted by atomic mass is 16.5. The van der Waals surface area contributed by atoms with Crippen molar-refractivity contribution in [2.24, 2.45) is 0 Å². The van der Waals surface area contributed by atoms with Crippen molar-refractivity contribution in [1.29, 1.82) is 0 Å². The van der Waals surface area contributed by atoms with Crippen molar-refractivity contribution < 1.29 is 9.15 Å². The van der Waals surface area contributed by atoms with Gasteiger partial charge in [0.05, 0.1) is 12.4 Å². The lowest BCUT2D eigenvalue weighted by Crippen LogP contribution is -2.11. The zero-order chi connectivity index (χ0) is 11.9. The van der Waals surface area contributed by atoms with Gasteiger partial charge >= 0.3 is 0 Å². The number of hydrogen-bond acceptors (Lipinski definition) is 3. The van der Waals surface area contributed by atoms with E-state index in [1.807, 2.05) is 13.3 Å². The van der Waals surface area contributed by atoms with Gasteiger partial charge in [0, 0.05) is 12.1 Å². The Bertz CT molecular complexity index is 314. The van der Waals surface area contributed by atoms with Gasteiger partial charge in [-0.25, -0.2) is 0 Å². The van der Waals surface area contributed by atoms with Crippen LogP contribution in [0.15, 0.2) is 16.7 Å². The van der Waals surface area contributed by atoms with Crippen LogP contribution in [-0.4, -0.2) is 13.2 Å². The summed E-state index contributed by atoms with van der Waals surface area (Å²) in [6, 6.07) is 2.08. The van der Waals surface area contributed by atoms with Gasteiger partial charge in [0.2, 0.25) is 0 Å². The second-order valence-corrected chi connectivity index (χ2v) is 4.88. The number of nitrogens with one attached hydrogen (secondary N) is 1. The molecule has 1 fully saturated rings. The van der Waals surface area contributed by atoms with E-state index in [-0.39, 0.29) is 0 Å². The molecular formula is C14H23NO2. The second-order valence-electron chi connectivity index (χ2n) is 4.88. The summed E-state index contributed by atoms with van der Waals surface area (Å²) in [5.41, 5.74) is 1.19. The SMILES string of the molecule is CNCc1coc(COC2CCCCCC2)c1. The molecule has 1 heterocycles. The molecule has 0 aliphatic heterocycles. The quantitative estimate of drug-likeness (QED) is 0.798. The highest BCUT2D eigenvalue weighted by Gasteiger charge is 2.13. The van der Waals surface area contributed by atoms with E-state index in [2.05, 4.69) is 11.4 Å². The Balaban J connectivity index is 1.75. The third-order valence-corrected chi connectivity index (χ3v) is 3.35. The zero-order valence-corrected chi connectivity index (χ0v) is 10.7. The average Bonchev–Trinajstić information content (AvgIpc) is 2.63. The van der Waals surface area contributed by atoms with E-state index in [1.165, 1.54) is 44.1 Å². The monoisotopic (exact) mass is 237 g/mol. The predicted molar refractivity (Wildman–Crippen MR) is 67.8 cm³/mol. The molecule has 1 aliphatic rings. The van der Waals surface area contributed by atoms with Crippen molar-refractivity contribution in [2.75, 3.05) is 7.05 Å². The first-order chi connectivity index (χ1) is 8.38. The topological polar surface area (TPSA) is 34.4 Å². The first-order valence-electron chi connectivity index (χ1n) is 6.71. The third-order valence-electron chi connectivity index (χ3n) is 3.35. The number of furan rings is 1. The summed E-state index contributed by atoms with van der Waals surface area (Å²) in [5, 5.41) is 3.11. The molecule has 0 saturated heterocycles. The molecule has 1 aliphatic carbocycles. The highest BCUT2D eigenvalue weighted by Crippen LogP contribution is 2.21. The fourth-order valence-electron chi connectivity index (χ4n) is 2.41. The van der Waals surface area contributed by atoms with Gasteiger partial charge in [-0.3, -0.25) is 0 Å². The maximum absolute atomic E-state index is 5.93. The highest BCUT2D eigenvalue weighted by molar-refractivity contribution is 5.11. The normalized spacial score (nSPS) is 18.2. The second kappa shape index (κ2) is 6.82. The molecule has 1 saturated carbocycles. The van der Waals surface area contributed by atoms with Gasteiger partial charge in [0.15, 0.2) is 0 Å². The predicted octanol–water partition coefficient (Wildman–Crippen LogP) is 3.24. The maximum atomic E-state index is 5.93. The van der Waals surface area contributed by atoms with Crippen molar-refractivity contribution in [3.05, 3.63) is 23.7 Å². The van der Waals surface area contributed by atoms with Crippen LogP contribution < -0.4 is 5.32 Å². The Kier molecular flexibility index (Phi) is 5.08. The molecule has 0 radical (unpaired) electrons. The summed E-state index contributed by atoms with van der Waals surface area (Å²) < 4.78 is 11.4. The van der Waals surface area contributed by atoms with Crippen molar-refractivity contribution >= 4 is 0 Å². The first-order valence-corrected chi connectivity index (χ1v) is 6.71. The molecule has 1 N–H and O–H groups in total. The van der Waals surface area contributed by atoms with E-state index in [4.69, 9.17) is 9.15 Å². The maximum Gasteiger partial charge on any atom is 0.129 e. The van der Waals surface area contributed by atoms with Crippen molar-refractivity contribution in [1.82, 2.24) is 5.32 Å². The Hall–Kier alpha value is -0.800. The van der Waals surface area contributed by atoms with Gasteiger partial charge in [-0.2, -0.15) is 0 Å². The largest absolute Gasteiger partial charge is 0.467 e. The van der Waals surface area contributed by atoms with Gasteiger partial charge < -0.3 is 14.5 Å². The van der Waals surface area contributed by atoms with Crippen LogP contribution in [0.4, 0.5) is 0 Å². The molecule has 96 valence electrons. The zero-order valence-electron chi connectivity index (χ0n) is 10.7.